The summed E-state index contributed by atoms with van der Waals surface area (Å²) < 4.78 is 0. The van der Waals surface area contributed by atoms with Gasteiger partial charge in [-0.05, 0) is 51.6 Å². The third kappa shape index (κ3) is 2.81. The van der Waals surface area contributed by atoms with Gasteiger partial charge in [0.05, 0.1) is 6.07 Å². The van der Waals surface area contributed by atoms with Crippen LogP contribution in [-0.2, 0) is 0 Å². The van der Waals surface area contributed by atoms with Gasteiger partial charge in [0.1, 0.15) is 5.54 Å². The van der Waals surface area contributed by atoms with E-state index in [0.29, 0.717) is 6.04 Å². The molecule has 17 heavy (non-hydrogen) atoms. The maximum Gasteiger partial charge on any atom is 0.108 e. The maximum atomic E-state index is 9.47. The third-order valence-electron chi connectivity index (χ3n) is 4.30. The molecule has 2 unspecified atom stereocenters. The lowest BCUT2D eigenvalue weighted by Gasteiger charge is -2.41. The van der Waals surface area contributed by atoms with Gasteiger partial charge in [-0.1, -0.05) is 13.8 Å². The van der Waals surface area contributed by atoms with Gasteiger partial charge in [-0.25, -0.2) is 0 Å². The Balaban J connectivity index is 2.02. The summed E-state index contributed by atoms with van der Waals surface area (Å²) >= 11 is 0. The fourth-order valence-electron chi connectivity index (χ4n) is 3.39. The van der Waals surface area contributed by atoms with Crippen molar-refractivity contribution in [2.45, 2.75) is 70.0 Å². The highest BCUT2D eigenvalue weighted by Crippen LogP contribution is 2.36. The van der Waals surface area contributed by atoms with Gasteiger partial charge >= 0.3 is 0 Å². The Bertz CT molecular complexity index is 288. The molecule has 2 aliphatic carbocycles. The van der Waals surface area contributed by atoms with Gasteiger partial charge in [0, 0.05) is 12.1 Å². The number of rotatable bonds is 5. The second kappa shape index (κ2) is 5.37. The van der Waals surface area contributed by atoms with Crippen molar-refractivity contribution < 1.29 is 0 Å². The van der Waals surface area contributed by atoms with Crippen LogP contribution in [0.1, 0.15) is 52.4 Å². The summed E-state index contributed by atoms with van der Waals surface area (Å²) in [5.41, 5.74) is -0.250. The van der Waals surface area contributed by atoms with Crippen molar-refractivity contribution in [3.63, 3.8) is 0 Å². The predicted molar refractivity (Wildman–Crippen MR) is 69.7 cm³/mol. The molecular weight excluding hydrogens is 210 g/mol. The van der Waals surface area contributed by atoms with Crippen molar-refractivity contribution in [1.29, 1.82) is 5.26 Å². The van der Waals surface area contributed by atoms with Crippen LogP contribution < -0.4 is 5.32 Å². The second-order valence-corrected chi connectivity index (χ2v) is 5.54. The minimum absolute atomic E-state index is 0.250. The molecule has 0 aromatic carbocycles. The molecule has 0 radical (unpaired) electrons. The monoisotopic (exact) mass is 235 g/mol. The molecule has 0 aliphatic heterocycles. The van der Waals surface area contributed by atoms with E-state index >= 15 is 0 Å². The fraction of sp³-hybridized carbons (Fsp3) is 0.929. The minimum atomic E-state index is -0.250. The first-order valence-electron chi connectivity index (χ1n) is 7.16. The number of nitrogens with zero attached hydrogens (tertiary/aromatic N) is 2. The fourth-order valence-corrected chi connectivity index (χ4v) is 3.39. The van der Waals surface area contributed by atoms with Gasteiger partial charge in [0.15, 0.2) is 0 Å². The van der Waals surface area contributed by atoms with Crippen molar-refractivity contribution >= 4 is 0 Å². The highest BCUT2D eigenvalue weighted by Gasteiger charge is 2.41. The molecule has 3 heteroatoms. The summed E-state index contributed by atoms with van der Waals surface area (Å²) in [6.07, 6.45) is 7.24. The first-order valence-corrected chi connectivity index (χ1v) is 7.16. The van der Waals surface area contributed by atoms with Crippen molar-refractivity contribution in [3.05, 3.63) is 0 Å². The van der Waals surface area contributed by atoms with E-state index in [4.69, 9.17) is 0 Å². The van der Waals surface area contributed by atoms with E-state index in [1.54, 1.807) is 0 Å². The zero-order valence-corrected chi connectivity index (χ0v) is 11.2. The molecule has 0 bridgehead atoms. The van der Waals surface area contributed by atoms with Crippen LogP contribution in [-0.4, -0.2) is 35.6 Å². The smallest absolute Gasteiger partial charge is 0.108 e. The summed E-state index contributed by atoms with van der Waals surface area (Å²) in [5, 5.41) is 12.9. The summed E-state index contributed by atoms with van der Waals surface area (Å²) in [4.78, 5) is 2.64. The lowest BCUT2D eigenvalue weighted by atomic mass is 9.79. The third-order valence-corrected chi connectivity index (χ3v) is 4.30. The topological polar surface area (TPSA) is 39.1 Å². The highest BCUT2D eigenvalue weighted by atomic mass is 15.2. The molecule has 2 atom stereocenters. The Morgan fingerprint density at radius 3 is 2.59 bits per heavy atom. The molecule has 2 aliphatic rings. The molecule has 0 saturated heterocycles. The van der Waals surface area contributed by atoms with E-state index in [1.807, 2.05) is 0 Å². The molecular formula is C14H25N3. The molecule has 0 spiro atoms. The quantitative estimate of drug-likeness (QED) is 0.794. The summed E-state index contributed by atoms with van der Waals surface area (Å²) in [6.45, 7) is 6.40. The number of nitriles is 1. The molecule has 96 valence electrons. The molecule has 1 N–H and O–H groups in total. The molecule has 0 amide bonds. The molecule has 2 saturated carbocycles. The van der Waals surface area contributed by atoms with Crippen LogP contribution in [0.4, 0.5) is 0 Å². The first kappa shape index (κ1) is 12.9. The zero-order chi connectivity index (χ0) is 12.3. The Labute approximate surface area is 105 Å². The number of hydrogen-bond acceptors (Lipinski definition) is 3. The van der Waals surface area contributed by atoms with E-state index in [0.717, 1.165) is 32.0 Å². The lowest BCUT2D eigenvalue weighted by Crippen LogP contribution is -2.53. The van der Waals surface area contributed by atoms with Crippen molar-refractivity contribution in [1.82, 2.24) is 10.2 Å². The molecule has 0 aromatic heterocycles. The van der Waals surface area contributed by atoms with Crippen LogP contribution in [0.2, 0.25) is 0 Å². The van der Waals surface area contributed by atoms with E-state index in [1.165, 1.54) is 25.7 Å². The minimum Gasteiger partial charge on any atom is -0.300 e. The normalized spacial score (nSPS) is 33.6. The van der Waals surface area contributed by atoms with Crippen LogP contribution in [0, 0.1) is 11.3 Å². The standard InChI is InChI=1S/C14H25N3/c1-3-16-14(11-15)9-5-6-13(10-14)17(4-2)12-7-8-12/h12-13,16H,3-10H2,1-2H3. The van der Waals surface area contributed by atoms with Crippen LogP contribution in [0.3, 0.4) is 0 Å². The van der Waals surface area contributed by atoms with Gasteiger partial charge in [-0.15, -0.1) is 0 Å². The number of nitrogens with one attached hydrogen (secondary N) is 1. The van der Waals surface area contributed by atoms with Crippen LogP contribution in [0.5, 0.6) is 0 Å². The predicted octanol–water partition coefficient (Wildman–Crippen LogP) is 2.29. The van der Waals surface area contributed by atoms with Gasteiger partial charge in [-0.2, -0.15) is 5.26 Å². The van der Waals surface area contributed by atoms with Gasteiger partial charge < -0.3 is 0 Å². The van der Waals surface area contributed by atoms with Crippen molar-refractivity contribution in [3.8, 4) is 6.07 Å². The SMILES string of the molecule is CCNC1(C#N)CCCC(N(CC)C2CC2)C1. The van der Waals surface area contributed by atoms with Gasteiger partial charge in [0.25, 0.3) is 0 Å². The lowest BCUT2D eigenvalue weighted by molar-refractivity contribution is 0.119. The maximum absolute atomic E-state index is 9.47. The Kier molecular flexibility index (Phi) is 4.06. The Morgan fingerprint density at radius 2 is 2.06 bits per heavy atom. The first-order chi connectivity index (χ1) is 8.24. The summed E-state index contributed by atoms with van der Waals surface area (Å²) in [5.74, 6) is 0. The zero-order valence-electron chi connectivity index (χ0n) is 11.2. The highest BCUT2D eigenvalue weighted by molar-refractivity contribution is 5.11. The van der Waals surface area contributed by atoms with E-state index < -0.39 is 0 Å². The van der Waals surface area contributed by atoms with Crippen LogP contribution >= 0.6 is 0 Å². The Morgan fingerprint density at radius 1 is 1.29 bits per heavy atom. The molecule has 0 heterocycles. The van der Waals surface area contributed by atoms with Crippen molar-refractivity contribution in [2.24, 2.45) is 0 Å². The average Bonchev–Trinajstić information content (AvgIpc) is 3.15. The van der Waals surface area contributed by atoms with E-state index in [9.17, 15) is 5.26 Å². The largest absolute Gasteiger partial charge is 0.300 e. The molecule has 3 nitrogen and oxygen atoms in total. The van der Waals surface area contributed by atoms with Gasteiger partial charge in [-0.3, -0.25) is 10.2 Å². The Hall–Kier alpha value is -0.590. The van der Waals surface area contributed by atoms with E-state index in [2.05, 4.69) is 30.1 Å². The summed E-state index contributed by atoms with van der Waals surface area (Å²) in [7, 11) is 0. The molecule has 0 aromatic rings. The van der Waals surface area contributed by atoms with Crippen LogP contribution in [0.15, 0.2) is 0 Å². The van der Waals surface area contributed by atoms with Gasteiger partial charge in [0.2, 0.25) is 0 Å². The van der Waals surface area contributed by atoms with Crippen LogP contribution in [0.25, 0.3) is 0 Å². The second-order valence-electron chi connectivity index (χ2n) is 5.54. The summed E-state index contributed by atoms with van der Waals surface area (Å²) in [6, 6.07) is 3.99. The van der Waals surface area contributed by atoms with Crippen molar-refractivity contribution in [2.75, 3.05) is 13.1 Å². The van der Waals surface area contributed by atoms with E-state index in [-0.39, 0.29) is 5.54 Å². The molecule has 2 fully saturated rings. The molecule has 2 rings (SSSR count). The average molecular weight is 235 g/mol. The number of hydrogen-bond donors (Lipinski definition) is 1.